The lowest BCUT2D eigenvalue weighted by molar-refractivity contribution is -0.155. The van der Waals surface area contributed by atoms with Crippen LogP contribution in [0.25, 0.3) is 10.9 Å². The number of carbonyl (C=O) groups excluding carboxylic acids is 7. The number of amides is 4. The number of hydrogen-bond donors (Lipinski definition) is 6. The van der Waals surface area contributed by atoms with Crippen molar-refractivity contribution in [2.75, 3.05) is 6.61 Å². The molecule has 4 atom stereocenters. The van der Waals surface area contributed by atoms with Crippen LogP contribution in [0.1, 0.15) is 73.3 Å². The monoisotopic (exact) mass is 701 g/mol. The largest absolute Gasteiger partial charge is 0.481 e. The van der Waals surface area contributed by atoms with Crippen molar-refractivity contribution in [3.8, 4) is 0 Å². The van der Waals surface area contributed by atoms with E-state index in [4.69, 9.17) is 4.74 Å². The predicted octanol–water partition coefficient (Wildman–Crippen LogP) is 1.05. The van der Waals surface area contributed by atoms with Crippen molar-refractivity contribution in [1.82, 2.24) is 26.3 Å². The van der Waals surface area contributed by atoms with Gasteiger partial charge in [0.2, 0.25) is 23.6 Å². The highest BCUT2D eigenvalue weighted by Gasteiger charge is 2.34. The van der Waals surface area contributed by atoms with Gasteiger partial charge in [0, 0.05) is 43.8 Å². The van der Waals surface area contributed by atoms with Gasteiger partial charge in [-0.1, -0.05) is 32.0 Å². The van der Waals surface area contributed by atoms with E-state index in [1.54, 1.807) is 40.8 Å². The topological polar surface area (TPSA) is 239 Å². The second-order valence-electron chi connectivity index (χ2n) is 13.1. The van der Waals surface area contributed by atoms with Gasteiger partial charge < -0.3 is 40.8 Å². The minimum absolute atomic E-state index is 0.0548. The first-order valence-electron chi connectivity index (χ1n) is 16.1. The molecule has 0 fully saturated rings. The fourth-order valence-electron chi connectivity index (χ4n) is 4.91. The van der Waals surface area contributed by atoms with E-state index in [0.717, 1.165) is 23.4 Å². The van der Waals surface area contributed by atoms with E-state index in [9.17, 15) is 43.5 Å². The zero-order valence-electron chi connectivity index (χ0n) is 29.3. The summed E-state index contributed by atoms with van der Waals surface area (Å²) >= 11 is 0. The maximum absolute atomic E-state index is 13.7. The van der Waals surface area contributed by atoms with E-state index >= 15 is 0 Å². The number of ether oxygens (including phenoxy) is 2. The predicted molar refractivity (Wildman–Crippen MR) is 179 cm³/mol. The minimum Gasteiger partial charge on any atom is -0.481 e. The Hall–Kier alpha value is -5.28. The normalized spacial score (nSPS) is 13.7. The number of benzene rings is 1. The molecule has 4 amide bonds. The quantitative estimate of drug-likeness (QED) is 0.120. The van der Waals surface area contributed by atoms with Crippen molar-refractivity contribution in [3.05, 3.63) is 36.0 Å². The fraction of sp³-hybridized carbons (Fsp3) is 0.529. The van der Waals surface area contributed by atoms with Crippen LogP contribution >= 0.6 is 0 Å². The molecule has 1 heterocycles. The highest BCUT2D eigenvalue weighted by Crippen LogP contribution is 2.19. The molecule has 1 aromatic heterocycles. The molecule has 6 N–H and O–H groups in total. The molecule has 16 nitrogen and oxygen atoms in total. The second-order valence-corrected chi connectivity index (χ2v) is 13.1. The third kappa shape index (κ3) is 13.7. The SMILES string of the molecule is CC(=O)NC(Cc1c[nH]c2ccccc12)C(=O)NC(CCC(=O)OC(C)(C)C)C(=O)NC(C(=O)NC(CC(=O)O)C(=O)COC(C)=O)C(C)C. The number of fused-ring (bicyclic) bond motifs is 1. The van der Waals surface area contributed by atoms with Crippen LogP contribution < -0.4 is 21.3 Å². The molecule has 2 rings (SSSR count). The van der Waals surface area contributed by atoms with E-state index in [-0.39, 0.29) is 19.3 Å². The number of hydrogen-bond acceptors (Lipinski definition) is 10. The zero-order valence-corrected chi connectivity index (χ0v) is 29.3. The molecule has 0 aliphatic carbocycles. The van der Waals surface area contributed by atoms with Crippen molar-refractivity contribution in [1.29, 1.82) is 0 Å². The number of carboxylic acids is 1. The summed E-state index contributed by atoms with van der Waals surface area (Å²) in [4.78, 5) is 104. The van der Waals surface area contributed by atoms with E-state index in [1.165, 1.54) is 6.92 Å². The van der Waals surface area contributed by atoms with Crippen LogP contribution in [-0.2, 0) is 54.3 Å². The number of Topliss-reactive ketones (excluding diaryl/α,β-unsaturated/α-hetero) is 1. The highest BCUT2D eigenvalue weighted by molar-refractivity contribution is 5.97. The van der Waals surface area contributed by atoms with Gasteiger partial charge in [-0.2, -0.15) is 0 Å². The molecular weight excluding hydrogens is 654 g/mol. The summed E-state index contributed by atoms with van der Waals surface area (Å²) in [6, 6.07) is 1.92. The van der Waals surface area contributed by atoms with E-state index < -0.39 is 96.0 Å². The Morgan fingerprint density at radius 1 is 0.840 bits per heavy atom. The number of H-pyrrole nitrogens is 1. The molecule has 0 radical (unpaired) electrons. The number of aliphatic carboxylic acids is 1. The Labute approximate surface area is 289 Å². The van der Waals surface area contributed by atoms with Crippen LogP contribution in [0.3, 0.4) is 0 Å². The van der Waals surface area contributed by atoms with Crippen LogP contribution in [0.5, 0.6) is 0 Å². The van der Waals surface area contributed by atoms with Crippen molar-refractivity contribution in [2.45, 2.75) is 104 Å². The van der Waals surface area contributed by atoms with Gasteiger partial charge >= 0.3 is 17.9 Å². The molecule has 0 aliphatic rings. The first kappa shape index (κ1) is 40.9. The van der Waals surface area contributed by atoms with Crippen LogP contribution in [0.15, 0.2) is 30.5 Å². The molecule has 0 saturated carbocycles. The summed E-state index contributed by atoms with van der Waals surface area (Å²) in [6.45, 7) is 9.68. The summed E-state index contributed by atoms with van der Waals surface area (Å²) in [5.41, 5.74) is 0.712. The second kappa shape index (κ2) is 18.5. The van der Waals surface area contributed by atoms with Crippen LogP contribution in [0, 0.1) is 5.92 Å². The maximum atomic E-state index is 13.7. The lowest BCUT2D eigenvalue weighted by Crippen LogP contribution is -2.59. The summed E-state index contributed by atoms with van der Waals surface area (Å²) < 4.78 is 10.0. The smallest absolute Gasteiger partial charge is 0.306 e. The average molecular weight is 702 g/mol. The first-order valence-corrected chi connectivity index (χ1v) is 16.1. The molecule has 0 aliphatic heterocycles. The maximum Gasteiger partial charge on any atom is 0.306 e. The molecule has 0 spiro atoms. The molecule has 0 saturated heterocycles. The third-order valence-electron chi connectivity index (χ3n) is 7.23. The molecule has 2 aromatic rings. The third-order valence-corrected chi connectivity index (χ3v) is 7.23. The molecule has 1 aromatic carbocycles. The van der Waals surface area contributed by atoms with Crippen molar-refractivity contribution >= 4 is 58.2 Å². The zero-order chi connectivity index (χ0) is 37.8. The van der Waals surface area contributed by atoms with E-state index in [2.05, 4.69) is 31.0 Å². The molecule has 50 heavy (non-hydrogen) atoms. The van der Waals surface area contributed by atoms with Gasteiger partial charge in [-0.25, -0.2) is 0 Å². The van der Waals surface area contributed by atoms with Gasteiger partial charge in [-0.05, 0) is 44.7 Å². The number of nitrogens with one attached hydrogen (secondary N) is 5. The number of aromatic nitrogens is 1. The Balaban J connectivity index is 2.34. The summed E-state index contributed by atoms with van der Waals surface area (Å²) in [5.74, 6) is -7.36. The van der Waals surface area contributed by atoms with E-state index in [0.29, 0.717) is 0 Å². The summed E-state index contributed by atoms with van der Waals surface area (Å²) in [7, 11) is 0. The number of carbonyl (C=O) groups is 8. The van der Waals surface area contributed by atoms with E-state index in [1.807, 2.05) is 24.3 Å². The Kier molecular flexibility index (Phi) is 15.1. The minimum atomic E-state index is -1.58. The Bertz CT molecular complexity index is 1580. The van der Waals surface area contributed by atoms with Crippen LogP contribution in [0.2, 0.25) is 0 Å². The molecule has 16 heteroatoms. The van der Waals surface area contributed by atoms with Gasteiger partial charge in [-0.3, -0.25) is 38.4 Å². The van der Waals surface area contributed by atoms with Crippen molar-refractivity contribution in [2.24, 2.45) is 5.92 Å². The number of para-hydroxylation sites is 1. The molecule has 274 valence electrons. The molecule has 4 unspecified atom stereocenters. The standard InChI is InChI=1S/C34H47N5O11/c1-18(2)30(33(48)38-25(15-28(43)44)27(42)17-49-20(4)41)39-31(46)24(12-13-29(45)50-34(5,6)7)37-32(47)26(36-19(3)40)14-21-16-35-23-11-9-8-10-22(21)23/h8-11,16,18,24-26,30,35H,12-15,17H2,1-7H3,(H,36,40)(H,37,47)(H,38,48)(H,39,46)(H,43,44). The van der Waals surface area contributed by atoms with Gasteiger partial charge in [-0.15, -0.1) is 0 Å². The number of aromatic amines is 1. The Morgan fingerprint density at radius 2 is 1.46 bits per heavy atom. The molecule has 0 bridgehead atoms. The lowest BCUT2D eigenvalue weighted by Gasteiger charge is -2.28. The number of esters is 2. The van der Waals surface area contributed by atoms with Gasteiger partial charge in [0.25, 0.3) is 0 Å². The van der Waals surface area contributed by atoms with Crippen LogP contribution in [0.4, 0.5) is 0 Å². The Morgan fingerprint density at radius 3 is 2.04 bits per heavy atom. The lowest BCUT2D eigenvalue weighted by atomic mass is 10.00. The van der Waals surface area contributed by atoms with Crippen molar-refractivity contribution < 1.29 is 52.9 Å². The first-order chi connectivity index (χ1) is 23.3. The van der Waals surface area contributed by atoms with Gasteiger partial charge in [0.05, 0.1) is 6.42 Å². The highest BCUT2D eigenvalue weighted by atomic mass is 16.6. The van der Waals surface area contributed by atoms with Crippen molar-refractivity contribution in [3.63, 3.8) is 0 Å². The number of rotatable bonds is 18. The summed E-state index contributed by atoms with van der Waals surface area (Å²) in [5, 5.41) is 20.2. The fourth-order valence-corrected chi connectivity index (χ4v) is 4.91. The average Bonchev–Trinajstić information content (AvgIpc) is 3.40. The van der Waals surface area contributed by atoms with Gasteiger partial charge in [0.1, 0.15) is 29.8 Å². The summed E-state index contributed by atoms with van der Waals surface area (Å²) in [6.07, 6.45) is 0.396. The number of carboxylic acid groups (broad SMARTS) is 1. The van der Waals surface area contributed by atoms with Gasteiger partial charge in [0.15, 0.2) is 12.4 Å². The molecular formula is C34H47N5O11. The number of ketones is 1. The van der Waals surface area contributed by atoms with Crippen LogP contribution in [-0.4, -0.2) is 93.8 Å².